The van der Waals surface area contributed by atoms with Gasteiger partial charge in [-0.1, -0.05) is 12.1 Å². The number of alkyl halides is 2. The van der Waals surface area contributed by atoms with E-state index in [1.54, 1.807) is 24.0 Å². The average molecular weight is 425 g/mol. The van der Waals surface area contributed by atoms with E-state index in [0.29, 0.717) is 35.1 Å². The zero-order valence-electron chi connectivity index (χ0n) is 16.4. The molecule has 2 aromatic carbocycles. The number of hydrogen-bond donors (Lipinski definition) is 1. The molecular formula is C22H17F2N3O4. The van der Waals surface area contributed by atoms with Crippen molar-refractivity contribution in [1.29, 1.82) is 5.26 Å². The Balaban J connectivity index is 1.89. The summed E-state index contributed by atoms with van der Waals surface area (Å²) in [6, 6.07) is 9.67. The minimum Gasteiger partial charge on any atom is -0.481 e. The predicted octanol–water partition coefficient (Wildman–Crippen LogP) is 3.89. The minimum atomic E-state index is -2.88. The fourth-order valence-electron chi connectivity index (χ4n) is 3.74. The summed E-state index contributed by atoms with van der Waals surface area (Å²) >= 11 is 0. The first-order chi connectivity index (χ1) is 14.8. The van der Waals surface area contributed by atoms with Gasteiger partial charge in [-0.3, -0.25) is 4.79 Å². The summed E-state index contributed by atoms with van der Waals surface area (Å²) in [6.45, 7) is 2.20. The van der Waals surface area contributed by atoms with Gasteiger partial charge in [-0.05, 0) is 25.1 Å². The van der Waals surface area contributed by atoms with Gasteiger partial charge in [0, 0.05) is 29.4 Å². The lowest BCUT2D eigenvalue weighted by molar-refractivity contribution is -0.142. The highest BCUT2D eigenvalue weighted by atomic mass is 19.3. The normalized spacial score (nSPS) is 14.0. The number of nitrogens with zero attached hydrogens (tertiary/aromatic N) is 3. The third-order valence-electron chi connectivity index (χ3n) is 5.34. The number of halogens is 2. The largest absolute Gasteiger partial charge is 0.481 e. The van der Waals surface area contributed by atoms with E-state index in [-0.39, 0.29) is 23.3 Å². The fourth-order valence-corrected chi connectivity index (χ4v) is 3.74. The Hall–Kier alpha value is -3.80. The number of pyridine rings is 1. The molecule has 7 nitrogen and oxygen atoms in total. The number of nitriles is 1. The SMILES string of the molecule is CCOC(=O)c1c(C(F)F)ccc2cc3cc(N4CC(C(=O)O)C4)c(C#N)cc3nc12. The molecule has 0 bridgehead atoms. The summed E-state index contributed by atoms with van der Waals surface area (Å²) < 4.78 is 32.0. The lowest BCUT2D eigenvalue weighted by Crippen LogP contribution is -2.50. The first-order valence-corrected chi connectivity index (χ1v) is 9.58. The number of carboxylic acid groups (broad SMARTS) is 1. The van der Waals surface area contributed by atoms with Crippen LogP contribution in [0.4, 0.5) is 14.5 Å². The van der Waals surface area contributed by atoms with E-state index in [1.807, 2.05) is 0 Å². The molecule has 0 atom stereocenters. The number of esters is 1. The van der Waals surface area contributed by atoms with Crippen LogP contribution in [0.5, 0.6) is 0 Å². The Bertz CT molecular complexity index is 1260. The maximum absolute atomic E-state index is 13.5. The summed E-state index contributed by atoms with van der Waals surface area (Å²) in [5, 5.41) is 19.8. The zero-order valence-corrected chi connectivity index (χ0v) is 16.4. The smallest absolute Gasteiger partial charge is 0.340 e. The van der Waals surface area contributed by atoms with Gasteiger partial charge in [-0.15, -0.1) is 0 Å². The number of aliphatic carboxylic acids is 1. The third kappa shape index (κ3) is 3.50. The van der Waals surface area contributed by atoms with Crippen molar-refractivity contribution in [2.24, 2.45) is 5.92 Å². The van der Waals surface area contributed by atoms with Gasteiger partial charge >= 0.3 is 11.9 Å². The van der Waals surface area contributed by atoms with Crippen LogP contribution in [0.15, 0.2) is 30.3 Å². The van der Waals surface area contributed by atoms with Gasteiger partial charge in [-0.25, -0.2) is 18.6 Å². The van der Waals surface area contributed by atoms with E-state index in [1.165, 1.54) is 18.2 Å². The number of anilines is 1. The van der Waals surface area contributed by atoms with Crippen molar-refractivity contribution in [3.63, 3.8) is 0 Å². The number of hydrogen-bond acceptors (Lipinski definition) is 6. The molecule has 1 aliphatic rings. The van der Waals surface area contributed by atoms with Crippen molar-refractivity contribution in [3.8, 4) is 6.07 Å². The number of carbonyl (C=O) groups is 2. The van der Waals surface area contributed by atoms with Gasteiger partial charge in [-0.2, -0.15) is 5.26 Å². The van der Waals surface area contributed by atoms with E-state index in [9.17, 15) is 23.6 Å². The van der Waals surface area contributed by atoms with Gasteiger partial charge in [0.25, 0.3) is 6.43 Å². The van der Waals surface area contributed by atoms with Crippen LogP contribution < -0.4 is 4.90 Å². The lowest BCUT2D eigenvalue weighted by atomic mass is 9.96. The number of carbonyl (C=O) groups excluding carboxylic acids is 1. The molecule has 0 unspecified atom stereocenters. The molecule has 3 aromatic rings. The van der Waals surface area contributed by atoms with Crippen molar-refractivity contribution < 1.29 is 28.2 Å². The Labute approximate surface area is 175 Å². The molecule has 0 saturated carbocycles. The molecule has 0 spiro atoms. The molecule has 1 aromatic heterocycles. The molecule has 4 rings (SSSR count). The second-order valence-electron chi connectivity index (χ2n) is 7.23. The van der Waals surface area contributed by atoms with Crippen LogP contribution in [-0.2, 0) is 9.53 Å². The molecular weight excluding hydrogens is 408 g/mol. The summed E-state index contributed by atoms with van der Waals surface area (Å²) in [5.74, 6) is -2.26. The van der Waals surface area contributed by atoms with Crippen LogP contribution in [0.2, 0.25) is 0 Å². The van der Waals surface area contributed by atoms with E-state index in [2.05, 4.69) is 11.1 Å². The number of fused-ring (bicyclic) bond motifs is 2. The Kier molecular flexibility index (Phi) is 5.15. The van der Waals surface area contributed by atoms with E-state index >= 15 is 0 Å². The summed E-state index contributed by atoms with van der Waals surface area (Å²) in [5.41, 5.74) is 0.561. The second kappa shape index (κ2) is 7.80. The topological polar surface area (TPSA) is 104 Å². The Morgan fingerprint density at radius 2 is 2.03 bits per heavy atom. The zero-order chi connectivity index (χ0) is 22.3. The molecule has 9 heteroatoms. The molecule has 1 saturated heterocycles. The number of carboxylic acids is 1. The summed E-state index contributed by atoms with van der Waals surface area (Å²) in [4.78, 5) is 29.7. The van der Waals surface area contributed by atoms with Crippen molar-refractivity contribution in [3.05, 3.63) is 47.0 Å². The highest BCUT2D eigenvalue weighted by Gasteiger charge is 2.34. The maximum Gasteiger partial charge on any atom is 0.340 e. The number of ether oxygens (including phenoxy) is 1. The molecule has 1 fully saturated rings. The van der Waals surface area contributed by atoms with Crippen molar-refractivity contribution in [2.75, 3.05) is 24.6 Å². The molecule has 0 aliphatic carbocycles. The predicted molar refractivity (Wildman–Crippen MR) is 108 cm³/mol. The summed E-state index contributed by atoms with van der Waals surface area (Å²) in [7, 11) is 0. The average Bonchev–Trinajstić information content (AvgIpc) is 2.69. The van der Waals surface area contributed by atoms with Crippen LogP contribution in [0.1, 0.15) is 34.8 Å². The standard InChI is InChI=1S/C22H17F2N3O4/c1-2-31-22(30)18-15(20(23)24)4-3-11-5-12-7-17(27-9-14(10-27)21(28)29)13(8-25)6-16(12)26-19(11)18/h3-7,14,20H,2,9-10H2,1H3,(H,28,29). The van der Waals surface area contributed by atoms with E-state index < -0.39 is 29.8 Å². The highest BCUT2D eigenvalue weighted by molar-refractivity contribution is 6.07. The fraction of sp³-hybridized carbons (Fsp3) is 0.273. The monoisotopic (exact) mass is 425 g/mol. The van der Waals surface area contributed by atoms with Gasteiger partial charge in [0.15, 0.2) is 0 Å². The Morgan fingerprint density at radius 3 is 2.65 bits per heavy atom. The van der Waals surface area contributed by atoms with Crippen LogP contribution in [-0.4, -0.2) is 41.7 Å². The molecule has 1 aliphatic heterocycles. The number of benzene rings is 2. The van der Waals surface area contributed by atoms with Gasteiger partial charge in [0.2, 0.25) is 0 Å². The van der Waals surface area contributed by atoms with E-state index in [0.717, 1.165) is 0 Å². The van der Waals surface area contributed by atoms with Crippen LogP contribution in [0.25, 0.3) is 21.8 Å². The maximum atomic E-state index is 13.5. The van der Waals surface area contributed by atoms with E-state index in [4.69, 9.17) is 9.84 Å². The molecule has 2 heterocycles. The van der Waals surface area contributed by atoms with Gasteiger partial charge in [0.05, 0.1) is 40.4 Å². The highest BCUT2D eigenvalue weighted by Crippen LogP contribution is 2.35. The molecule has 31 heavy (non-hydrogen) atoms. The molecule has 158 valence electrons. The Morgan fingerprint density at radius 1 is 1.29 bits per heavy atom. The molecule has 0 amide bonds. The second-order valence-corrected chi connectivity index (χ2v) is 7.23. The first kappa shape index (κ1) is 20.5. The quantitative estimate of drug-likeness (QED) is 0.488. The van der Waals surface area contributed by atoms with Crippen LogP contribution in [0.3, 0.4) is 0 Å². The minimum absolute atomic E-state index is 0.0284. The van der Waals surface area contributed by atoms with Gasteiger partial charge in [0.1, 0.15) is 6.07 Å². The number of aromatic nitrogens is 1. The van der Waals surface area contributed by atoms with Crippen LogP contribution >= 0.6 is 0 Å². The van der Waals surface area contributed by atoms with Crippen molar-refractivity contribution >= 4 is 39.4 Å². The van der Waals surface area contributed by atoms with Gasteiger partial charge < -0.3 is 14.7 Å². The van der Waals surface area contributed by atoms with Crippen molar-refractivity contribution in [1.82, 2.24) is 4.98 Å². The molecule has 1 N–H and O–H groups in total. The van der Waals surface area contributed by atoms with Crippen molar-refractivity contribution in [2.45, 2.75) is 13.3 Å². The first-order valence-electron chi connectivity index (χ1n) is 9.58. The van der Waals surface area contributed by atoms with Crippen LogP contribution in [0, 0.1) is 17.2 Å². The lowest BCUT2D eigenvalue weighted by Gasteiger charge is -2.39. The number of rotatable bonds is 5. The molecule has 0 radical (unpaired) electrons. The summed E-state index contributed by atoms with van der Waals surface area (Å²) in [6.07, 6.45) is -2.88. The third-order valence-corrected chi connectivity index (χ3v) is 5.34.